The molecule has 0 bridgehead atoms. The lowest BCUT2D eigenvalue weighted by molar-refractivity contribution is 0.449. The van der Waals surface area contributed by atoms with Crippen LogP contribution in [0, 0.1) is 6.92 Å². The predicted octanol–water partition coefficient (Wildman–Crippen LogP) is 1.13. The van der Waals surface area contributed by atoms with E-state index in [1.807, 2.05) is 19.1 Å². The van der Waals surface area contributed by atoms with Crippen molar-refractivity contribution in [3.8, 4) is 0 Å². The summed E-state index contributed by atoms with van der Waals surface area (Å²) in [5.74, 6) is 6.37. The minimum absolute atomic E-state index is 0.0840. The molecule has 5 nitrogen and oxygen atoms in total. The van der Waals surface area contributed by atoms with E-state index in [9.17, 15) is 0 Å². The van der Waals surface area contributed by atoms with Crippen molar-refractivity contribution in [1.29, 1.82) is 0 Å². The van der Waals surface area contributed by atoms with E-state index in [1.165, 1.54) is 0 Å². The Hall–Kier alpha value is -1.72. The van der Waals surface area contributed by atoms with E-state index in [4.69, 9.17) is 10.3 Å². The molecular weight excluding hydrogens is 204 g/mol. The molecule has 5 heteroatoms. The molecule has 0 fully saturated rings. The molecule has 0 radical (unpaired) electrons. The quantitative estimate of drug-likeness (QED) is 0.594. The third kappa shape index (κ3) is 2.44. The number of furan rings is 1. The zero-order valence-electron chi connectivity index (χ0n) is 9.05. The fourth-order valence-electron chi connectivity index (χ4n) is 1.46. The molecule has 2 rings (SSSR count). The minimum Gasteiger partial charge on any atom is -0.469 e. The van der Waals surface area contributed by atoms with Gasteiger partial charge in [-0.2, -0.15) is 0 Å². The Kier molecular flexibility index (Phi) is 3.28. The highest BCUT2D eigenvalue weighted by molar-refractivity contribution is 5.10. The van der Waals surface area contributed by atoms with Gasteiger partial charge in [-0.25, -0.2) is 0 Å². The molecule has 2 aromatic heterocycles. The number of aryl methyl sites for hydroxylation is 1. The van der Waals surface area contributed by atoms with Crippen LogP contribution in [0.25, 0.3) is 0 Å². The Labute approximate surface area is 93.7 Å². The fourth-order valence-corrected chi connectivity index (χ4v) is 1.46. The van der Waals surface area contributed by atoms with Gasteiger partial charge in [-0.1, -0.05) is 0 Å². The van der Waals surface area contributed by atoms with Crippen LogP contribution in [0.15, 0.2) is 35.2 Å². The molecule has 0 saturated heterocycles. The number of aromatic nitrogens is 2. The van der Waals surface area contributed by atoms with Crippen molar-refractivity contribution in [2.45, 2.75) is 19.4 Å². The minimum atomic E-state index is -0.0840. The Morgan fingerprint density at radius 1 is 1.44 bits per heavy atom. The lowest BCUT2D eigenvalue weighted by Gasteiger charge is -2.13. The van der Waals surface area contributed by atoms with Gasteiger partial charge in [0.15, 0.2) is 0 Å². The fraction of sp³-hybridized carbons (Fsp3) is 0.273. The molecule has 3 N–H and O–H groups in total. The van der Waals surface area contributed by atoms with Crippen LogP contribution in [0.2, 0.25) is 0 Å². The Bertz CT molecular complexity index is 424. The van der Waals surface area contributed by atoms with Crippen LogP contribution in [0.3, 0.4) is 0 Å². The summed E-state index contributed by atoms with van der Waals surface area (Å²) < 4.78 is 5.27. The molecule has 2 aromatic rings. The topological polar surface area (TPSA) is 77.0 Å². The van der Waals surface area contributed by atoms with Crippen molar-refractivity contribution in [3.05, 3.63) is 47.9 Å². The second kappa shape index (κ2) is 4.87. The smallest absolute Gasteiger partial charge is 0.105 e. The number of hydrogen-bond donors (Lipinski definition) is 2. The van der Waals surface area contributed by atoms with E-state index in [0.29, 0.717) is 6.42 Å². The van der Waals surface area contributed by atoms with Gasteiger partial charge in [0.2, 0.25) is 0 Å². The van der Waals surface area contributed by atoms with Gasteiger partial charge in [-0.15, -0.1) is 0 Å². The molecule has 1 atom stereocenters. The van der Waals surface area contributed by atoms with Crippen molar-refractivity contribution in [1.82, 2.24) is 15.4 Å². The molecule has 2 heterocycles. The van der Waals surface area contributed by atoms with Gasteiger partial charge in [0.25, 0.3) is 0 Å². The van der Waals surface area contributed by atoms with Crippen LogP contribution in [-0.2, 0) is 6.42 Å². The van der Waals surface area contributed by atoms with Crippen LogP contribution in [0.5, 0.6) is 0 Å². The first-order valence-electron chi connectivity index (χ1n) is 5.06. The summed E-state index contributed by atoms with van der Waals surface area (Å²) in [6.07, 6.45) is 5.75. The molecule has 0 amide bonds. The summed E-state index contributed by atoms with van der Waals surface area (Å²) in [5, 5.41) is 0. The predicted molar refractivity (Wildman–Crippen MR) is 59.2 cm³/mol. The standard InChI is InChI=1S/C11H14N4O/c1-8-6-14-11(7-13-8)10(15-12)5-9-3-2-4-16-9/h2-4,6-7,10,15H,5,12H2,1H3. The van der Waals surface area contributed by atoms with E-state index in [0.717, 1.165) is 17.1 Å². The average Bonchev–Trinajstić information content (AvgIpc) is 2.80. The van der Waals surface area contributed by atoms with Gasteiger partial charge in [0.1, 0.15) is 5.76 Å². The molecule has 0 aromatic carbocycles. The van der Waals surface area contributed by atoms with Crippen LogP contribution in [0.4, 0.5) is 0 Å². The third-order valence-corrected chi connectivity index (χ3v) is 2.34. The van der Waals surface area contributed by atoms with Crippen LogP contribution >= 0.6 is 0 Å². The van der Waals surface area contributed by atoms with Crippen molar-refractivity contribution in [3.63, 3.8) is 0 Å². The Morgan fingerprint density at radius 3 is 2.88 bits per heavy atom. The maximum Gasteiger partial charge on any atom is 0.105 e. The monoisotopic (exact) mass is 218 g/mol. The molecule has 1 unspecified atom stereocenters. The van der Waals surface area contributed by atoms with Crippen molar-refractivity contribution >= 4 is 0 Å². The van der Waals surface area contributed by atoms with Gasteiger partial charge in [-0.05, 0) is 19.1 Å². The molecule has 0 spiro atoms. The first-order valence-corrected chi connectivity index (χ1v) is 5.06. The summed E-state index contributed by atoms with van der Waals surface area (Å²) in [5.41, 5.74) is 4.41. The highest BCUT2D eigenvalue weighted by Gasteiger charge is 2.13. The van der Waals surface area contributed by atoms with Gasteiger partial charge in [-0.3, -0.25) is 21.2 Å². The zero-order valence-corrected chi connectivity index (χ0v) is 9.05. The van der Waals surface area contributed by atoms with E-state index in [2.05, 4.69) is 15.4 Å². The molecule has 16 heavy (non-hydrogen) atoms. The van der Waals surface area contributed by atoms with Crippen LogP contribution in [0.1, 0.15) is 23.2 Å². The SMILES string of the molecule is Cc1cnc(C(Cc2ccco2)NN)cn1. The highest BCUT2D eigenvalue weighted by Crippen LogP contribution is 2.15. The number of hydrogen-bond acceptors (Lipinski definition) is 5. The lowest BCUT2D eigenvalue weighted by Crippen LogP contribution is -2.30. The second-order valence-corrected chi connectivity index (χ2v) is 3.59. The molecule has 84 valence electrons. The Morgan fingerprint density at radius 2 is 2.31 bits per heavy atom. The largest absolute Gasteiger partial charge is 0.469 e. The lowest BCUT2D eigenvalue weighted by atomic mass is 10.1. The van der Waals surface area contributed by atoms with Gasteiger partial charge in [0, 0.05) is 12.6 Å². The van der Waals surface area contributed by atoms with E-state index in [1.54, 1.807) is 18.7 Å². The Balaban J connectivity index is 2.13. The van der Waals surface area contributed by atoms with E-state index in [-0.39, 0.29) is 6.04 Å². The average molecular weight is 218 g/mol. The summed E-state index contributed by atoms with van der Waals surface area (Å²) in [7, 11) is 0. The number of nitrogens with two attached hydrogens (primary N) is 1. The normalized spacial score (nSPS) is 12.6. The maximum absolute atomic E-state index is 5.50. The molecular formula is C11H14N4O. The number of nitrogens with one attached hydrogen (secondary N) is 1. The zero-order chi connectivity index (χ0) is 11.4. The molecule has 0 aliphatic rings. The molecule has 0 saturated carbocycles. The number of hydrazine groups is 1. The first kappa shape index (κ1) is 10.8. The molecule has 0 aliphatic heterocycles. The van der Waals surface area contributed by atoms with Crippen molar-refractivity contribution < 1.29 is 4.42 Å². The summed E-state index contributed by atoms with van der Waals surface area (Å²) in [6, 6.07) is 3.68. The number of rotatable bonds is 4. The third-order valence-electron chi connectivity index (χ3n) is 2.34. The molecule has 0 aliphatic carbocycles. The summed E-state index contributed by atoms with van der Waals surface area (Å²) in [6.45, 7) is 1.90. The van der Waals surface area contributed by atoms with Crippen molar-refractivity contribution in [2.24, 2.45) is 5.84 Å². The first-order chi connectivity index (χ1) is 7.79. The van der Waals surface area contributed by atoms with E-state index >= 15 is 0 Å². The maximum atomic E-state index is 5.50. The number of nitrogens with zero attached hydrogens (tertiary/aromatic N) is 2. The van der Waals surface area contributed by atoms with Crippen LogP contribution in [-0.4, -0.2) is 9.97 Å². The summed E-state index contributed by atoms with van der Waals surface area (Å²) in [4.78, 5) is 8.47. The van der Waals surface area contributed by atoms with Crippen molar-refractivity contribution in [2.75, 3.05) is 0 Å². The van der Waals surface area contributed by atoms with Crippen LogP contribution < -0.4 is 11.3 Å². The second-order valence-electron chi connectivity index (χ2n) is 3.59. The highest BCUT2D eigenvalue weighted by atomic mass is 16.3. The summed E-state index contributed by atoms with van der Waals surface area (Å²) >= 11 is 0. The van der Waals surface area contributed by atoms with E-state index < -0.39 is 0 Å². The van der Waals surface area contributed by atoms with Gasteiger partial charge in [0.05, 0.1) is 29.9 Å². The van der Waals surface area contributed by atoms with Gasteiger partial charge < -0.3 is 4.42 Å². The van der Waals surface area contributed by atoms with Gasteiger partial charge >= 0.3 is 0 Å².